The molecule has 0 aliphatic heterocycles. The lowest BCUT2D eigenvalue weighted by atomic mass is 9.74. The van der Waals surface area contributed by atoms with Crippen LogP contribution in [-0.2, 0) is 20.7 Å². The van der Waals surface area contributed by atoms with Gasteiger partial charge in [0.05, 0.1) is 11.5 Å². The summed E-state index contributed by atoms with van der Waals surface area (Å²) in [6, 6.07) is 6.18. The van der Waals surface area contributed by atoms with Crippen molar-refractivity contribution < 1.29 is 19.2 Å². The van der Waals surface area contributed by atoms with Crippen LogP contribution in [0.4, 0.5) is 5.69 Å². The molecule has 0 unspecified atom stereocenters. The van der Waals surface area contributed by atoms with Crippen LogP contribution in [0.15, 0.2) is 24.3 Å². The van der Waals surface area contributed by atoms with Crippen LogP contribution >= 0.6 is 0 Å². The number of hydrogen-bond acceptors (Lipinski definition) is 5. The molecule has 0 aromatic heterocycles. The minimum atomic E-state index is -1.13. The van der Waals surface area contributed by atoms with E-state index in [-0.39, 0.29) is 18.1 Å². The van der Waals surface area contributed by atoms with Crippen LogP contribution in [0.5, 0.6) is 0 Å². The number of ether oxygens (including phenoxy) is 1. The third-order valence-electron chi connectivity index (χ3n) is 4.28. The highest BCUT2D eigenvalue weighted by Crippen LogP contribution is 2.34. The number of hydrogen-bond donors (Lipinski definition) is 0. The van der Waals surface area contributed by atoms with Gasteiger partial charge in [0, 0.05) is 12.1 Å². The van der Waals surface area contributed by atoms with Crippen molar-refractivity contribution in [2.45, 2.75) is 52.9 Å². The van der Waals surface area contributed by atoms with Crippen LogP contribution in [-0.4, -0.2) is 23.3 Å². The van der Waals surface area contributed by atoms with E-state index in [0.717, 1.165) is 18.4 Å². The van der Waals surface area contributed by atoms with Gasteiger partial charge in [-0.25, -0.2) is 0 Å². The van der Waals surface area contributed by atoms with E-state index >= 15 is 0 Å². The number of esters is 1. The molecule has 0 N–H and O–H groups in total. The molecule has 6 heteroatoms. The van der Waals surface area contributed by atoms with Crippen molar-refractivity contribution in [2.75, 3.05) is 6.61 Å². The molecule has 1 aromatic carbocycles. The lowest BCUT2D eigenvalue weighted by Gasteiger charge is -2.29. The Morgan fingerprint density at radius 1 is 1.17 bits per heavy atom. The first kappa shape index (κ1) is 19.8. The molecule has 1 atom stereocenters. The van der Waals surface area contributed by atoms with Crippen LogP contribution < -0.4 is 0 Å². The number of nitro benzene ring substituents is 1. The van der Waals surface area contributed by atoms with Crippen LogP contribution in [0.2, 0.25) is 0 Å². The number of rotatable bonds is 10. The van der Waals surface area contributed by atoms with Crippen molar-refractivity contribution in [1.82, 2.24) is 0 Å². The first-order valence-electron chi connectivity index (χ1n) is 8.29. The average molecular weight is 335 g/mol. The Hall–Kier alpha value is -2.24. The maximum Gasteiger partial charge on any atom is 0.319 e. The summed E-state index contributed by atoms with van der Waals surface area (Å²) in [4.78, 5) is 35.0. The molecule has 0 aliphatic carbocycles. The molecule has 1 rings (SSSR count). The topological polar surface area (TPSA) is 86.5 Å². The number of aryl methyl sites for hydroxylation is 1. The normalized spacial score (nSPS) is 13.1. The fourth-order valence-corrected chi connectivity index (χ4v) is 2.71. The molecule has 0 aliphatic rings. The second-order valence-electron chi connectivity index (χ2n) is 5.89. The van der Waals surface area contributed by atoms with Crippen LogP contribution in [0, 0.1) is 15.5 Å². The standard InChI is InChI=1S/C18H25NO5/c1-4-6-12-18(14(3)20,17(21)24-5-2)13-11-15-7-9-16(10-8-15)19(22)23/h7-10H,4-6,11-13H2,1-3H3/t18-/m0/s1. The summed E-state index contributed by atoms with van der Waals surface area (Å²) in [6.45, 7) is 5.39. The number of unbranched alkanes of at least 4 members (excludes halogenated alkanes) is 1. The van der Waals surface area contributed by atoms with Crippen molar-refractivity contribution in [1.29, 1.82) is 0 Å². The fraction of sp³-hybridized carbons (Fsp3) is 0.556. The van der Waals surface area contributed by atoms with Crippen LogP contribution in [0.1, 0.15) is 52.0 Å². The number of nitro groups is 1. The van der Waals surface area contributed by atoms with Gasteiger partial charge in [-0.1, -0.05) is 31.9 Å². The number of carbonyl (C=O) groups is 2. The zero-order valence-electron chi connectivity index (χ0n) is 14.5. The number of non-ortho nitro benzene ring substituents is 1. The van der Waals surface area contributed by atoms with Crippen molar-refractivity contribution in [3.63, 3.8) is 0 Å². The third-order valence-corrected chi connectivity index (χ3v) is 4.28. The molecule has 0 saturated heterocycles. The lowest BCUT2D eigenvalue weighted by Crippen LogP contribution is -2.40. The second-order valence-corrected chi connectivity index (χ2v) is 5.89. The molecule has 6 nitrogen and oxygen atoms in total. The number of nitrogens with zero attached hydrogens (tertiary/aromatic N) is 1. The Morgan fingerprint density at radius 3 is 2.25 bits per heavy atom. The fourth-order valence-electron chi connectivity index (χ4n) is 2.71. The van der Waals surface area contributed by atoms with E-state index in [1.54, 1.807) is 19.1 Å². The monoisotopic (exact) mass is 335 g/mol. The first-order chi connectivity index (χ1) is 11.4. The molecule has 24 heavy (non-hydrogen) atoms. The number of carbonyl (C=O) groups excluding carboxylic acids is 2. The Bertz CT molecular complexity index is 582. The van der Waals surface area contributed by atoms with Gasteiger partial charge in [0.2, 0.25) is 0 Å². The summed E-state index contributed by atoms with van der Waals surface area (Å²) < 4.78 is 5.16. The van der Waals surface area contributed by atoms with Gasteiger partial charge in [-0.05, 0) is 38.7 Å². The van der Waals surface area contributed by atoms with E-state index in [2.05, 4.69) is 0 Å². The van der Waals surface area contributed by atoms with E-state index in [4.69, 9.17) is 4.74 Å². The highest BCUT2D eigenvalue weighted by Gasteiger charge is 2.43. The van der Waals surface area contributed by atoms with Crippen molar-refractivity contribution in [3.05, 3.63) is 39.9 Å². The van der Waals surface area contributed by atoms with Crippen molar-refractivity contribution in [3.8, 4) is 0 Å². The van der Waals surface area contributed by atoms with E-state index in [9.17, 15) is 19.7 Å². The summed E-state index contributed by atoms with van der Waals surface area (Å²) >= 11 is 0. The van der Waals surface area contributed by atoms with Gasteiger partial charge in [-0.3, -0.25) is 19.7 Å². The zero-order valence-corrected chi connectivity index (χ0v) is 14.5. The van der Waals surface area contributed by atoms with E-state index in [1.807, 2.05) is 6.92 Å². The maximum absolute atomic E-state index is 12.4. The third kappa shape index (κ3) is 4.88. The summed E-state index contributed by atoms with van der Waals surface area (Å²) in [5.41, 5.74) is -0.256. The predicted octanol–water partition coefficient (Wildman–Crippen LogP) is 3.86. The van der Waals surface area contributed by atoms with Gasteiger partial charge >= 0.3 is 5.97 Å². The van der Waals surface area contributed by atoms with Crippen LogP contribution in [0.3, 0.4) is 0 Å². The molecule has 132 valence electrons. The Kier molecular flexibility index (Phi) is 7.55. The average Bonchev–Trinajstić information content (AvgIpc) is 2.55. The van der Waals surface area contributed by atoms with E-state index in [1.165, 1.54) is 19.1 Å². The van der Waals surface area contributed by atoms with Gasteiger partial charge < -0.3 is 4.74 Å². The van der Waals surface area contributed by atoms with Gasteiger partial charge in [-0.2, -0.15) is 0 Å². The molecular formula is C18H25NO5. The second kappa shape index (κ2) is 9.15. The quantitative estimate of drug-likeness (QED) is 0.280. The summed E-state index contributed by atoms with van der Waals surface area (Å²) in [5, 5.41) is 10.7. The van der Waals surface area contributed by atoms with Gasteiger partial charge in [-0.15, -0.1) is 0 Å². The Balaban J connectivity index is 2.96. The Labute approximate surface area is 142 Å². The molecule has 0 amide bonds. The van der Waals surface area contributed by atoms with E-state index < -0.39 is 16.3 Å². The zero-order chi connectivity index (χ0) is 18.2. The first-order valence-corrected chi connectivity index (χ1v) is 8.29. The number of Topliss-reactive ketones (excluding diaryl/α,β-unsaturated/α-hetero) is 1. The van der Waals surface area contributed by atoms with Crippen molar-refractivity contribution >= 4 is 17.4 Å². The SMILES string of the molecule is CCCC[C@](CCc1ccc([N+](=O)[O-])cc1)(C(C)=O)C(=O)OCC. The molecule has 0 spiro atoms. The molecular weight excluding hydrogens is 310 g/mol. The van der Waals surface area contributed by atoms with Crippen LogP contribution in [0.25, 0.3) is 0 Å². The number of ketones is 1. The molecule has 0 saturated carbocycles. The van der Waals surface area contributed by atoms with Gasteiger partial charge in [0.1, 0.15) is 11.2 Å². The summed E-state index contributed by atoms with van der Waals surface area (Å²) in [6.07, 6.45) is 2.94. The maximum atomic E-state index is 12.4. The molecule has 1 aromatic rings. The highest BCUT2D eigenvalue weighted by molar-refractivity contribution is 6.02. The van der Waals surface area contributed by atoms with E-state index in [0.29, 0.717) is 19.3 Å². The van der Waals surface area contributed by atoms with Gasteiger partial charge in [0.15, 0.2) is 0 Å². The summed E-state index contributed by atoms with van der Waals surface area (Å²) in [5.74, 6) is -0.649. The predicted molar refractivity (Wildman–Crippen MR) is 90.7 cm³/mol. The summed E-state index contributed by atoms with van der Waals surface area (Å²) in [7, 11) is 0. The minimum Gasteiger partial charge on any atom is -0.465 e. The smallest absolute Gasteiger partial charge is 0.319 e. The molecule has 0 fully saturated rings. The minimum absolute atomic E-state index is 0.0213. The highest BCUT2D eigenvalue weighted by atomic mass is 16.6. The largest absolute Gasteiger partial charge is 0.465 e. The lowest BCUT2D eigenvalue weighted by molar-refractivity contribution is -0.384. The van der Waals surface area contributed by atoms with Crippen molar-refractivity contribution in [2.24, 2.45) is 5.41 Å². The molecule has 0 bridgehead atoms. The van der Waals surface area contributed by atoms with Gasteiger partial charge in [0.25, 0.3) is 5.69 Å². The molecule has 0 heterocycles. The number of benzene rings is 1. The molecule has 0 radical (unpaired) electrons. The Morgan fingerprint density at radius 2 is 1.79 bits per heavy atom.